The van der Waals surface area contributed by atoms with E-state index in [0.717, 1.165) is 32.5 Å². The Bertz CT molecular complexity index is 398. The molecular formula is C18H28FNO. The van der Waals surface area contributed by atoms with Gasteiger partial charge in [0.2, 0.25) is 0 Å². The number of hydrogen-bond donors (Lipinski definition) is 1. The van der Waals surface area contributed by atoms with E-state index in [9.17, 15) is 4.39 Å². The van der Waals surface area contributed by atoms with Crippen molar-refractivity contribution in [3.8, 4) is 0 Å². The molecule has 0 aromatic heterocycles. The van der Waals surface area contributed by atoms with Gasteiger partial charge in [0, 0.05) is 13.2 Å². The van der Waals surface area contributed by atoms with E-state index in [4.69, 9.17) is 4.74 Å². The molecule has 2 atom stereocenters. The Balaban J connectivity index is 1.90. The predicted octanol–water partition coefficient (Wildman–Crippen LogP) is 4.11. The number of rotatable bonds is 8. The third-order valence-electron chi connectivity index (χ3n) is 4.15. The average Bonchev–Trinajstić information content (AvgIpc) is 2.96. The third kappa shape index (κ3) is 5.76. The van der Waals surface area contributed by atoms with Crippen LogP contribution in [0.25, 0.3) is 0 Å². The molecule has 1 aromatic carbocycles. The molecule has 0 amide bonds. The molecule has 0 saturated carbocycles. The van der Waals surface area contributed by atoms with Gasteiger partial charge < -0.3 is 10.1 Å². The first-order valence-electron chi connectivity index (χ1n) is 8.23. The Hall–Kier alpha value is -0.930. The lowest BCUT2D eigenvalue weighted by Gasteiger charge is -2.20. The van der Waals surface area contributed by atoms with E-state index in [-0.39, 0.29) is 5.82 Å². The van der Waals surface area contributed by atoms with Gasteiger partial charge in [-0.1, -0.05) is 26.0 Å². The number of ether oxygens (including phenoxy) is 1. The molecule has 0 aliphatic carbocycles. The van der Waals surface area contributed by atoms with Crippen LogP contribution in [0, 0.1) is 11.7 Å². The second kappa shape index (κ2) is 8.50. The lowest BCUT2D eigenvalue weighted by Crippen LogP contribution is -2.26. The molecule has 3 heteroatoms. The molecule has 1 aliphatic heterocycles. The number of halogens is 1. The summed E-state index contributed by atoms with van der Waals surface area (Å²) in [5.41, 5.74) is 1.23. The Morgan fingerprint density at radius 2 is 2.00 bits per heavy atom. The minimum Gasteiger partial charge on any atom is -0.378 e. The van der Waals surface area contributed by atoms with Crippen LogP contribution in [0.4, 0.5) is 4.39 Å². The van der Waals surface area contributed by atoms with Gasteiger partial charge in [-0.3, -0.25) is 0 Å². The molecule has 21 heavy (non-hydrogen) atoms. The van der Waals surface area contributed by atoms with Gasteiger partial charge in [0.25, 0.3) is 0 Å². The maximum atomic E-state index is 13.1. The molecular weight excluding hydrogens is 265 g/mol. The summed E-state index contributed by atoms with van der Waals surface area (Å²) in [6.45, 7) is 7.32. The Morgan fingerprint density at radius 3 is 2.62 bits per heavy atom. The summed E-state index contributed by atoms with van der Waals surface area (Å²) >= 11 is 0. The van der Waals surface area contributed by atoms with Crippen LogP contribution < -0.4 is 5.32 Å². The standard InChI is InChI=1S/C18H28FNO/c1-14(2)12-20-13-16(7-10-18-4-3-11-21-18)15-5-8-17(19)9-6-15/h5-6,8-9,14,16,18,20H,3-4,7,10-13H2,1-2H3. The first-order chi connectivity index (χ1) is 10.1. The molecule has 118 valence electrons. The Morgan fingerprint density at radius 1 is 1.24 bits per heavy atom. The van der Waals surface area contributed by atoms with Gasteiger partial charge in [-0.25, -0.2) is 4.39 Å². The van der Waals surface area contributed by atoms with Crippen LogP contribution in [0.1, 0.15) is 51.0 Å². The molecule has 0 bridgehead atoms. The lowest BCUT2D eigenvalue weighted by molar-refractivity contribution is 0.100. The summed E-state index contributed by atoms with van der Waals surface area (Å²) in [7, 11) is 0. The second-order valence-corrected chi connectivity index (χ2v) is 6.51. The molecule has 2 rings (SSSR count). The van der Waals surface area contributed by atoms with E-state index < -0.39 is 0 Å². The fourth-order valence-electron chi connectivity index (χ4n) is 2.93. The van der Waals surface area contributed by atoms with Crippen LogP contribution in [0.5, 0.6) is 0 Å². The molecule has 1 aliphatic rings. The van der Waals surface area contributed by atoms with Crippen molar-refractivity contribution in [2.45, 2.75) is 51.6 Å². The molecule has 1 aromatic rings. The largest absolute Gasteiger partial charge is 0.378 e. The summed E-state index contributed by atoms with van der Waals surface area (Å²) in [6, 6.07) is 6.98. The highest BCUT2D eigenvalue weighted by Crippen LogP contribution is 2.25. The van der Waals surface area contributed by atoms with Crippen LogP contribution >= 0.6 is 0 Å². The summed E-state index contributed by atoms with van der Waals surface area (Å²) in [5, 5.41) is 3.54. The van der Waals surface area contributed by atoms with Crippen molar-refractivity contribution >= 4 is 0 Å². The van der Waals surface area contributed by atoms with Gasteiger partial charge in [-0.15, -0.1) is 0 Å². The van der Waals surface area contributed by atoms with E-state index in [2.05, 4.69) is 19.2 Å². The van der Waals surface area contributed by atoms with E-state index in [1.54, 1.807) is 12.1 Å². The SMILES string of the molecule is CC(C)CNCC(CCC1CCCO1)c1ccc(F)cc1. The van der Waals surface area contributed by atoms with Gasteiger partial charge in [0.1, 0.15) is 5.82 Å². The van der Waals surface area contributed by atoms with E-state index in [1.165, 1.54) is 18.4 Å². The predicted molar refractivity (Wildman–Crippen MR) is 85.1 cm³/mol. The molecule has 0 radical (unpaired) electrons. The maximum Gasteiger partial charge on any atom is 0.123 e. The van der Waals surface area contributed by atoms with Crippen LogP contribution in [-0.2, 0) is 4.74 Å². The maximum absolute atomic E-state index is 13.1. The Labute approximate surface area is 128 Å². The Kier molecular flexibility index (Phi) is 6.65. The van der Waals surface area contributed by atoms with Crippen LogP contribution in [0.2, 0.25) is 0 Å². The molecule has 2 unspecified atom stereocenters. The van der Waals surface area contributed by atoms with E-state index >= 15 is 0 Å². The second-order valence-electron chi connectivity index (χ2n) is 6.51. The molecule has 0 spiro atoms. The van der Waals surface area contributed by atoms with Gasteiger partial charge in [0.05, 0.1) is 6.10 Å². The molecule has 2 nitrogen and oxygen atoms in total. The third-order valence-corrected chi connectivity index (χ3v) is 4.15. The number of nitrogens with one attached hydrogen (secondary N) is 1. The van der Waals surface area contributed by atoms with Gasteiger partial charge >= 0.3 is 0 Å². The van der Waals surface area contributed by atoms with E-state index in [0.29, 0.717) is 17.9 Å². The topological polar surface area (TPSA) is 21.3 Å². The van der Waals surface area contributed by atoms with Crippen molar-refractivity contribution in [2.24, 2.45) is 5.92 Å². The minimum absolute atomic E-state index is 0.160. The highest BCUT2D eigenvalue weighted by atomic mass is 19.1. The number of benzene rings is 1. The summed E-state index contributed by atoms with van der Waals surface area (Å²) in [5.74, 6) is 0.928. The molecule has 1 fully saturated rings. The average molecular weight is 293 g/mol. The van der Waals surface area contributed by atoms with Crippen molar-refractivity contribution in [1.29, 1.82) is 0 Å². The van der Waals surface area contributed by atoms with Crippen LogP contribution in [-0.4, -0.2) is 25.8 Å². The van der Waals surface area contributed by atoms with Gasteiger partial charge in [-0.05, 0) is 61.8 Å². The summed E-state index contributed by atoms with van der Waals surface area (Å²) in [4.78, 5) is 0. The van der Waals surface area contributed by atoms with E-state index in [1.807, 2.05) is 12.1 Å². The van der Waals surface area contributed by atoms with Crippen molar-refractivity contribution in [3.63, 3.8) is 0 Å². The minimum atomic E-state index is -0.160. The summed E-state index contributed by atoms with van der Waals surface area (Å²) < 4.78 is 18.8. The monoisotopic (exact) mass is 293 g/mol. The smallest absolute Gasteiger partial charge is 0.123 e. The van der Waals surface area contributed by atoms with Crippen molar-refractivity contribution in [1.82, 2.24) is 5.32 Å². The summed E-state index contributed by atoms with van der Waals surface area (Å²) in [6.07, 6.45) is 5.01. The first kappa shape index (κ1) is 16.4. The highest BCUT2D eigenvalue weighted by Gasteiger charge is 2.19. The first-order valence-corrected chi connectivity index (χ1v) is 8.23. The van der Waals surface area contributed by atoms with Crippen molar-refractivity contribution in [2.75, 3.05) is 19.7 Å². The van der Waals surface area contributed by atoms with Crippen molar-refractivity contribution < 1.29 is 9.13 Å². The lowest BCUT2D eigenvalue weighted by atomic mass is 9.92. The zero-order valence-corrected chi connectivity index (χ0v) is 13.3. The normalized spacial score (nSPS) is 20.1. The fraction of sp³-hybridized carbons (Fsp3) is 0.667. The van der Waals surface area contributed by atoms with Crippen LogP contribution in [0.3, 0.4) is 0 Å². The van der Waals surface area contributed by atoms with Gasteiger partial charge in [-0.2, -0.15) is 0 Å². The van der Waals surface area contributed by atoms with Crippen LogP contribution in [0.15, 0.2) is 24.3 Å². The molecule has 1 saturated heterocycles. The fourth-order valence-corrected chi connectivity index (χ4v) is 2.93. The highest BCUT2D eigenvalue weighted by molar-refractivity contribution is 5.20. The molecule has 1 N–H and O–H groups in total. The van der Waals surface area contributed by atoms with Gasteiger partial charge in [0.15, 0.2) is 0 Å². The quantitative estimate of drug-likeness (QED) is 0.778. The zero-order valence-electron chi connectivity index (χ0n) is 13.3. The number of hydrogen-bond acceptors (Lipinski definition) is 2. The zero-order chi connectivity index (χ0) is 15.1. The molecule has 1 heterocycles. The van der Waals surface area contributed by atoms with Crippen molar-refractivity contribution in [3.05, 3.63) is 35.6 Å².